The van der Waals surface area contributed by atoms with Crippen LogP contribution in [0.2, 0.25) is 0 Å². The number of carbonyl (C=O) groups is 2. The zero-order chi connectivity index (χ0) is 9.59. The van der Waals surface area contributed by atoms with Crippen molar-refractivity contribution in [3.8, 4) is 0 Å². The molecule has 2 heterocycles. The Bertz CT molecular complexity index is 301. The van der Waals surface area contributed by atoms with Crippen LogP contribution in [0.5, 0.6) is 0 Å². The van der Waals surface area contributed by atoms with E-state index in [0.29, 0.717) is 0 Å². The largest absolute Gasteiger partial charge is 0.343 e. The van der Waals surface area contributed by atoms with Gasteiger partial charge < -0.3 is 9.80 Å². The molecule has 0 aromatic rings. The highest BCUT2D eigenvalue weighted by Gasteiger charge is 2.43. The van der Waals surface area contributed by atoms with Crippen LogP contribution in [0.4, 0.5) is 4.79 Å². The van der Waals surface area contributed by atoms with Crippen molar-refractivity contribution in [1.82, 2.24) is 15.1 Å². The van der Waals surface area contributed by atoms with Crippen molar-refractivity contribution in [2.24, 2.45) is 4.99 Å². The van der Waals surface area contributed by atoms with Gasteiger partial charge in [-0.2, -0.15) is 0 Å². The lowest BCUT2D eigenvalue weighted by Gasteiger charge is -2.36. The normalized spacial score (nSPS) is 32.2. The maximum Gasteiger partial charge on any atom is 0.325 e. The molecule has 1 N–H and O–H groups in total. The van der Waals surface area contributed by atoms with Gasteiger partial charge in [-0.3, -0.25) is 15.1 Å². The summed E-state index contributed by atoms with van der Waals surface area (Å²) in [6.07, 6.45) is 1.31. The fourth-order valence-corrected chi connectivity index (χ4v) is 1.62. The molecule has 0 saturated carbocycles. The van der Waals surface area contributed by atoms with E-state index < -0.39 is 6.04 Å². The van der Waals surface area contributed by atoms with E-state index in [-0.39, 0.29) is 18.1 Å². The van der Waals surface area contributed by atoms with Gasteiger partial charge in [0.1, 0.15) is 6.17 Å². The van der Waals surface area contributed by atoms with E-state index in [1.807, 2.05) is 0 Å². The molecule has 0 aromatic carbocycles. The summed E-state index contributed by atoms with van der Waals surface area (Å²) in [5, 5.41) is 2.23. The quantitative estimate of drug-likeness (QED) is 0.513. The van der Waals surface area contributed by atoms with Crippen LogP contribution in [0.15, 0.2) is 4.99 Å². The van der Waals surface area contributed by atoms with E-state index in [2.05, 4.69) is 10.3 Å². The molecule has 2 atom stereocenters. The predicted octanol–water partition coefficient (Wildman–Crippen LogP) is -1.16. The van der Waals surface area contributed by atoms with Crippen LogP contribution in [-0.2, 0) is 4.79 Å². The molecule has 0 radical (unpaired) electrons. The number of aliphatic imine (C=N–C) groups is 1. The Morgan fingerprint density at radius 2 is 2.15 bits per heavy atom. The first-order chi connectivity index (χ1) is 6.11. The van der Waals surface area contributed by atoms with E-state index >= 15 is 0 Å². The van der Waals surface area contributed by atoms with E-state index in [9.17, 15) is 9.59 Å². The number of nitrogens with one attached hydrogen (secondary N) is 1. The van der Waals surface area contributed by atoms with Gasteiger partial charge in [-0.05, 0) is 0 Å². The van der Waals surface area contributed by atoms with Crippen molar-refractivity contribution in [2.75, 3.05) is 14.1 Å². The van der Waals surface area contributed by atoms with Crippen molar-refractivity contribution in [3.05, 3.63) is 0 Å². The molecule has 2 aliphatic heterocycles. The topological polar surface area (TPSA) is 65.0 Å². The number of nitrogens with zero attached hydrogens (tertiary/aromatic N) is 3. The third kappa shape index (κ3) is 0.980. The van der Waals surface area contributed by atoms with Crippen molar-refractivity contribution >= 4 is 18.3 Å². The van der Waals surface area contributed by atoms with Gasteiger partial charge in [0.25, 0.3) is 5.91 Å². The van der Waals surface area contributed by atoms with Crippen molar-refractivity contribution < 1.29 is 9.59 Å². The lowest BCUT2D eigenvalue weighted by molar-refractivity contribution is -0.124. The molecule has 3 amide bonds. The minimum Gasteiger partial charge on any atom is -0.343 e. The lowest BCUT2D eigenvalue weighted by atomic mass is 10.1. The first-order valence-corrected chi connectivity index (χ1v) is 3.94. The molecule has 0 spiro atoms. The van der Waals surface area contributed by atoms with Crippen LogP contribution in [0.25, 0.3) is 0 Å². The average Bonchev–Trinajstić information content (AvgIpc) is 2.44. The summed E-state index contributed by atoms with van der Waals surface area (Å²) in [6, 6.07) is -0.851. The molecule has 0 aliphatic carbocycles. The zero-order valence-electron chi connectivity index (χ0n) is 7.39. The number of carbonyl (C=O) groups excluding carboxylic acids is 2. The van der Waals surface area contributed by atoms with E-state index in [1.54, 1.807) is 25.3 Å². The Balaban J connectivity index is 2.31. The summed E-state index contributed by atoms with van der Waals surface area (Å²) in [5.74, 6) is -0.325. The summed E-state index contributed by atoms with van der Waals surface area (Å²) in [6.45, 7) is 0. The second kappa shape index (κ2) is 2.45. The Hall–Kier alpha value is -1.59. The van der Waals surface area contributed by atoms with Gasteiger partial charge in [0.15, 0.2) is 6.04 Å². The van der Waals surface area contributed by atoms with E-state index in [0.717, 1.165) is 0 Å². The van der Waals surface area contributed by atoms with Gasteiger partial charge in [-0.1, -0.05) is 0 Å². The van der Waals surface area contributed by atoms with Crippen molar-refractivity contribution in [1.29, 1.82) is 0 Å². The van der Waals surface area contributed by atoms with Gasteiger partial charge >= 0.3 is 6.03 Å². The number of hydrogen-bond donors (Lipinski definition) is 1. The molecular formula is C7H10N4O2. The van der Waals surface area contributed by atoms with Crippen LogP contribution in [0, 0.1) is 0 Å². The smallest absolute Gasteiger partial charge is 0.325 e. The van der Waals surface area contributed by atoms with Crippen molar-refractivity contribution in [2.45, 2.75) is 12.2 Å². The summed E-state index contributed by atoms with van der Waals surface area (Å²) >= 11 is 0. The molecule has 2 aliphatic rings. The fraction of sp³-hybridized carbons (Fsp3) is 0.571. The SMILES string of the molecule is CN1C=NC2C(=O)NC(=O)N(C)C21. The highest BCUT2D eigenvalue weighted by molar-refractivity contribution is 6.01. The third-order valence-corrected chi connectivity index (χ3v) is 2.33. The Labute approximate surface area is 75.2 Å². The monoisotopic (exact) mass is 182 g/mol. The molecule has 1 fully saturated rings. The lowest BCUT2D eigenvalue weighted by Crippen LogP contribution is -2.63. The molecule has 1 saturated heterocycles. The Morgan fingerprint density at radius 3 is 2.85 bits per heavy atom. The van der Waals surface area contributed by atoms with Crippen LogP contribution >= 0.6 is 0 Å². The van der Waals surface area contributed by atoms with Gasteiger partial charge in [0.05, 0.1) is 6.34 Å². The standard InChI is InChI=1S/C7H10N4O2/c1-10-3-8-4-5(12)9-7(13)11(2)6(4)10/h3-4,6H,1-2H3,(H,9,12,13). The Kier molecular flexibility index (Phi) is 1.51. The molecule has 0 aromatic heterocycles. The van der Waals surface area contributed by atoms with Gasteiger partial charge in [0, 0.05) is 14.1 Å². The van der Waals surface area contributed by atoms with Crippen LogP contribution in [0.1, 0.15) is 0 Å². The van der Waals surface area contributed by atoms with Crippen LogP contribution in [-0.4, -0.2) is 54.4 Å². The van der Waals surface area contributed by atoms with E-state index in [4.69, 9.17) is 0 Å². The predicted molar refractivity (Wildman–Crippen MR) is 45.1 cm³/mol. The first kappa shape index (κ1) is 8.03. The maximum absolute atomic E-state index is 11.3. The molecule has 0 bridgehead atoms. The zero-order valence-corrected chi connectivity index (χ0v) is 7.39. The third-order valence-electron chi connectivity index (χ3n) is 2.33. The molecule has 6 heteroatoms. The molecular weight excluding hydrogens is 172 g/mol. The van der Waals surface area contributed by atoms with Gasteiger partial charge in [-0.15, -0.1) is 0 Å². The number of imide groups is 1. The van der Waals surface area contributed by atoms with E-state index in [1.165, 1.54) is 4.90 Å². The molecule has 2 rings (SSSR count). The average molecular weight is 182 g/mol. The summed E-state index contributed by atoms with van der Waals surface area (Å²) in [4.78, 5) is 29.7. The summed E-state index contributed by atoms with van der Waals surface area (Å²) < 4.78 is 0. The maximum atomic E-state index is 11.3. The number of rotatable bonds is 0. The number of likely N-dealkylation sites (N-methyl/N-ethyl adjacent to an activating group) is 2. The molecule has 6 nitrogen and oxygen atoms in total. The van der Waals surface area contributed by atoms with Crippen LogP contribution < -0.4 is 5.32 Å². The summed E-state index contributed by atoms with van der Waals surface area (Å²) in [7, 11) is 3.43. The number of hydrogen-bond acceptors (Lipinski definition) is 4. The van der Waals surface area contributed by atoms with Gasteiger partial charge in [-0.25, -0.2) is 4.79 Å². The van der Waals surface area contributed by atoms with Crippen molar-refractivity contribution in [3.63, 3.8) is 0 Å². The minimum absolute atomic E-state index is 0.263. The molecule has 2 unspecified atom stereocenters. The second-order valence-corrected chi connectivity index (χ2v) is 3.19. The number of amides is 3. The fourth-order valence-electron chi connectivity index (χ4n) is 1.62. The minimum atomic E-state index is -0.479. The highest BCUT2D eigenvalue weighted by Crippen LogP contribution is 2.18. The number of urea groups is 1. The van der Waals surface area contributed by atoms with Crippen LogP contribution in [0.3, 0.4) is 0 Å². The first-order valence-electron chi connectivity index (χ1n) is 3.94. The molecule has 13 heavy (non-hydrogen) atoms. The summed E-state index contributed by atoms with van der Waals surface area (Å²) in [5.41, 5.74) is 0. The van der Waals surface area contributed by atoms with Gasteiger partial charge in [0.2, 0.25) is 0 Å². The highest BCUT2D eigenvalue weighted by atomic mass is 16.2. The Morgan fingerprint density at radius 1 is 1.46 bits per heavy atom. The second-order valence-electron chi connectivity index (χ2n) is 3.19. The number of fused-ring (bicyclic) bond motifs is 1. The molecule has 70 valence electrons.